The molecule has 0 bridgehead atoms. The molecule has 3 nitrogen and oxygen atoms in total. The van der Waals surface area contributed by atoms with E-state index in [1.165, 1.54) is 31.7 Å². The number of hydrogen-bond acceptors (Lipinski definition) is 3. The lowest BCUT2D eigenvalue weighted by molar-refractivity contribution is -0.140. The van der Waals surface area contributed by atoms with Gasteiger partial charge in [0.25, 0.3) is 0 Å². The number of benzene rings is 1. The van der Waals surface area contributed by atoms with E-state index in [2.05, 4.69) is 48.5 Å². The molecule has 0 aromatic heterocycles. The fourth-order valence-electron chi connectivity index (χ4n) is 5.79. The van der Waals surface area contributed by atoms with Crippen molar-refractivity contribution in [3.05, 3.63) is 40.7 Å². The zero-order chi connectivity index (χ0) is 25.3. The van der Waals surface area contributed by atoms with E-state index in [4.69, 9.17) is 9.16 Å². The lowest BCUT2D eigenvalue weighted by atomic mass is 9.92. The van der Waals surface area contributed by atoms with Crippen molar-refractivity contribution in [1.82, 2.24) is 0 Å². The van der Waals surface area contributed by atoms with Crippen LogP contribution in [0.5, 0.6) is 0 Å². The minimum atomic E-state index is -2.09. The lowest BCUT2D eigenvalue weighted by Crippen LogP contribution is -2.48. The monoisotopic (exact) mass is 490 g/mol. The Morgan fingerprint density at radius 1 is 1.00 bits per heavy atom. The Labute approximate surface area is 208 Å². The first-order valence-electron chi connectivity index (χ1n) is 13.4. The van der Waals surface area contributed by atoms with Crippen LogP contribution < -0.4 is 0 Å². The number of carbonyl (C=O) groups excluding carboxylic acids is 1. The molecule has 0 N–H and O–H groups in total. The van der Waals surface area contributed by atoms with E-state index >= 15 is 0 Å². The van der Waals surface area contributed by atoms with Gasteiger partial charge in [0, 0.05) is 18.1 Å². The molecule has 0 saturated carbocycles. The maximum absolute atomic E-state index is 14.3. The molecule has 0 aliphatic carbocycles. The van der Waals surface area contributed by atoms with Crippen LogP contribution in [0.15, 0.2) is 23.8 Å². The summed E-state index contributed by atoms with van der Waals surface area (Å²) in [6.45, 7) is 16.4. The molecule has 1 aromatic rings. The van der Waals surface area contributed by atoms with E-state index in [1.807, 2.05) is 6.08 Å². The first-order valence-corrected chi connectivity index (χ1v) is 15.6. The summed E-state index contributed by atoms with van der Waals surface area (Å²) in [7, 11) is -2.09. The van der Waals surface area contributed by atoms with Crippen LogP contribution in [0.2, 0.25) is 16.6 Å². The van der Waals surface area contributed by atoms with Gasteiger partial charge in [-0.2, -0.15) is 0 Å². The minimum absolute atomic E-state index is 0.176. The molecule has 5 heteroatoms. The zero-order valence-electron chi connectivity index (χ0n) is 22.6. The van der Waals surface area contributed by atoms with Gasteiger partial charge in [0.15, 0.2) is 8.32 Å². The second kappa shape index (κ2) is 13.6. The number of carbonyl (C=O) groups is 1. The van der Waals surface area contributed by atoms with Gasteiger partial charge in [-0.3, -0.25) is 0 Å². The summed E-state index contributed by atoms with van der Waals surface area (Å²) in [5.74, 6) is -0.681. The second-order valence-electron chi connectivity index (χ2n) is 10.9. The fraction of sp³-hybridized carbons (Fsp3) is 0.690. The Kier molecular flexibility index (Phi) is 11.5. The Morgan fingerprint density at radius 2 is 1.62 bits per heavy atom. The van der Waals surface area contributed by atoms with Gasteiger partial charge in [0.05, 0.1) is 0 Å². The molecular formula is C29H47FO3Si. The molecule has 1 heterocycles. The minimum Gasteiger partial charge on any atom is -0.462 e. The molecule has 34 heavy (non-hydrogen) atoms. The van der Waals surface area contributed by atoms with Gasteiger partial charge < -0.3 is 9.16 Å². The molecule has 0 saturated heterocycles. The number of halogens is 1. The topological polar surface area (TPSA) is 35.5 Å². The predicted molar refractivity (Wildman–Crippen MR) is 143 cm³/mol. The Balaban J connectivity index is 2.26. The van der Waals surface area contributed by atoms with Crippen molar-refractivity contribution in [1.29, 1.82) is 0 Å². The maximum Gasteiger partial charge on any atom is 0.334 e. The molecule has 0 radical (unpaired) electrons. The van der Waals surface area contributed by atoms with Gasteiger partial charge >= 0.3 is 5.97 Å². The maximum atomic E-state index is 14.3. The number of hydrogen-bond donors (Lipinski definition) is 0. The van der Waals surface area contributed by atoms with E-state index in [1.54, 1.807) is 12.1 Å². The highest BCUT2D eigenvalue weighted by Crippen LogP contribution is 2.43. The van der Waals surface area contributed by atoms with Crippen LogP contribution in [0.25, 0.3) is 6.08 Å². The summed E-state index contributed by atoms with van der Waals surface area (Å²) in [5.41, 5.74) is 3.86. The number of fused-ring (bicyclic) bond motifs is 1. The van der Waals surface area contributed by atoms with Crippen LogP contribution in [0, 0.1) is 5.82 Å². The first-order chi connectivity index (χ1) is 16.1. The van der Waals surface area contributed by atoms with E-state index in [0.29, 0.717) is 35.2 Å². The largest absolute Gasteiger partial charge is 0.462 e. The lowest BCUT2D eigenvalue weighted by Gasteiger charge is -2.43. The zero-order valence-corrected chi connectivity index (χ0v) is 23.6. The second-order valence-corrected chi connectivity index (χ2v) is 16.3. The van der Waals surface area contributed by atoms with Crippen molar-refractivity contribution in [2.45, 2.75) is 116 Å². The third kappa shape index (κ3) is 7.27. The standard InChI is InChI=1S/C29H47FO3Si/c1-8-9-10-11-12-13-14-25-17-24-15-16-27(30)18-28(24)26(19-32-29(25)31)20-33-34(21(2)3,22(4)5)23(6)7/h15-18,21-23,26H,8-14,19-20H2,1-7H3/b25-17-. The number of ether oxygens (including phenoxy) is 1. The summed E-state index contributed by atoms with van der Waals surface area (Å²) in [5, 5.41) is 0. The van der Waals surface area contributed by atoms with Gasteiger partial charge in [-0.25, -0.2) is 9.18 Å². The third-order valence-corrected chi connectivity index (χ3v) is 13.6. The number of rotatable bonds is 13. The molecule has 0 fully saturated rings. The third-order valence-electron chi connectivity index (χ3n) is 7.54. The van der Waals surface area contributed by atoms with E-state index in [9.17, 15) is 9.18 Å². The summed E-state index contributed by atoms with van der Waals surface area (Å²) < 4.78 is 26.9. The molecule has 1 atom stereocenters. The molecule has 1 aliphatic heterocycles. The van der Waals surface area contributed by atoms with Gasteiger partial charge in [-0.1, -0.05) is 86.6 Å². The first kappa shape index (κ1) is 28.8. The average Bonchev–Trinajstić information content (AvgIpc) is 2.76. The molecule has 1 aliphatic rings. The Hall–Kier alpha value is -1.46. The van der Waals surface area contributed by atoms with E-state index in [0.717, 1.165) is 24.0 Å². The van der Waals surface area contributed by atoms with E-state index < -0.39 is 8.32 Å². The highest BCUT2D eigenvalue weighted by atomic mass is 28.4. The van der Waals surface area contributed by atoms with Gasteiger partial charge in [-0.15, -0.1) is 0 Å². The Bertz CT molecular complexity index is 794. The van der Waals surface area contributed by atoms with Crippen LogP contribution in [0.4, 0.5) is 4.39 Å². The van der Waals surface area contributed by atoms with Crippen LogP contribution in [0.1, 0.15) is 110 Å². The molecule has 1 aromatic carbocycles. The molecular weight excluding hydrogens is 443 g/mol. The van der Waals surface area contributed by atoms with Crippen LogP contribution in [-0.4, -0.2) is 27.5 Å². The van der Waals surface area contributed by atoms with Crippen molar-refractivity contribution >= 4 is 20.4 Å². The fourth-order valence-corrected chi connectivity index (χ4v) is 11.3. The van der Waals surface area contributed by atoms with Crippen LogP contribution in [-0.2, 0) is 14.0 Å². The van der Waals surface area contributed by atoms with Crippen molar-refractivity contribution in [3.63, 3.8) is 0 Å². The van der Waals surface area contributed by atoms with Gasteiger partial charge in [0.1, 0.15) is 12.4 Å². The number of unbranched alkanes of at least 4 members (excludes halogenated alkanes) is 5. The van der Waals surface area contributed by atoms with Crippen molar-refractivity contribution in [2.75, 3.05) is 13.2 Å². The Morgan fingerprint density at radius 3 is 2.24 bits per heavy atom. The average molecular weight is 491 g/mol. The van der Waals surface area contributed by atoms with Crippen molar-refractivity contribution in [2.24, 2.45) is 0 Å². The molecule has 2 rings (SSSR count). The molecule has 1 unspecified atom stereocenters. The van der Waals surface area contributed by atoms with Crippen LogP contribution >= 0.6 is 0 Å². The highest BCUT2D eigenvalue weighted by Gasteiger charge is 2.45. The predicted octanol–water partition coefficient (Wildman–Crippen LogP) is 8.79. The summed E-state index contributed by atoms with van der Waals surface area (Å²) >= 11 is 0. The summed E-state index contributed by atoms with van der Waals surface area (Å²) in [4.78, 5) is 12.9. The van der Waals surface area contributed by atoms with Gasteiger partial charge in [-0.05, 0) is 58.8 Å². The van der Waals surface area contributed by atoms with Gasteiger partial charge in [0.2, 0.25) is 0 Å². The number of cyclic esters (lactones) is 1. The normalized spacial score (nSPS) is 18.5. The quantitative estimate of drug-likeness (QED) is 0.157. The summed E-state index contributed by atoms with van der Waals surface area (Å²) in [6.07, 6.45) is 9.65. The van der Waals surface area contributed by atoms with Crippen molar-refractivity contribution < 1.29 is 18.3 Å². The summed E-state index contributed by atoms with van der Waals surface area (Å²) in [6, 6.07) is 4.89. The molecule has 0 spiro atoms. The molecule has 192 valence electrons. The van der Waals surface area contributed by atoms with E-state index in [-0.39, 0.29) is 24.3 Å². The highest BCUT2D eigenvalue weighted by molar-refractivity contribution is 6.77. The molecule has 0 amide bonds. The SMILES string of the molecule is CCCCCCCC/C1=C/c2ccc(F)cc2C(CO[Si](C(C)C)(C(C)C)C(C)C)COC1=O. The van der Waals surface area contributed by atoms with Crippen LogP contribution in [0.3, 0.4) is 0 Å². The van der Waals surface area contributed by atoms with Crippen molar-refractivity contribution in [3.8, 4) is 0 Å². The smallest absolute Gasteiger partial charge is 0.334 e. The number of esters is 1.